The predicted octanol–water partition coefficient (Wildman–Crippen LogP) is 2.82. The van der Waals surface area contributed by atoms with Crippen molar-refractivity contribution in [2.75, 3.05) is 13.7 Å². The number of Topliss-reactive ketones (excluding diaryl/α,β-unsaturated/α-hetero) is 1. The number of carbonyl (C=O) groups is 1. The Hall–Kier alpha value is -1.03. The average molecular weight is 273 g/mol. The molecule has 0 N–H and O–H groups in total. The molecule has 15 heavy (non-hydrogen) atoms. The van der Waals surface area contributed by atoms with Gasteiger partial charge in [0.25, 0.3) is 0 Å². The fraction of sp³-hybridized carbons (Fsp3) is 0.364. The van der Waals surface area contributed by atoms with Crippen LogP contribution in [0.4, 0.5) is 0 Å². The number of para-hydroxylation sites is 1. The molecule has 0 fully saturated rings. The lowest BCUT2D eigenvalue weighted by Crippen LogP contribution is -2.04. The molecule has 3 nitrogen and oxygen atoms in total. The molecule has 0 bridgehead atoms. The molecule has 0 amide bonds. The molecule has 0 atom stereocenters. The normalized spacial score (nSPS) is 9.80. The van der Waals surface area contributed by atoms with Gasteiger partial charge in [-0.05, 0) is 35.0 Å². The van der Waals surface area contributed by atoms with Crippen LogP contribution in [0, 0.1) is 0 Å². The molecule has 0 spiro atoms. The Kier molecular flexibility index (Phi) is 4.62. The van der Waals surface area contributed by atoms with Gasteiger partial charge in [0.15, 0.2) is 11.5 Å². The number of ketones is 1. The second-order valence-corrected chi connectivity index (χ2v) is 3.93. The number of halogens is 1. The van der Waals surface area contributed by atoms with Gasteiger partial charge in [-0.2, -0.15) is 0 Å². The summed E-state index contributed by atoms with van der Waals surface area (Å²) in [5.74, 6) is 1.41. The van der Waals surface area contributed by atoms with Gasteiger partial charge in [-0.3, -0.25) is 4.79 Å². The van der Waals surface area contributed by atoms with E-state index >= 15 is 0 Å². The number of ether oxygens (including phenoxy) is 2. The average Bonchev–Trinajstić information content (AvgIpc) is 2.20. The van der Waals surface area contributed by atoms with Crippen molar-refractivity contribution >= 4 is 21.7 Å². The third-order valence-corrected chi connectivity index (χ3v) is 2.48. The molecule has 0 aliphatic carbocycles. The van der Waals surface area contributed by atoms with Crippen LogP contribution in [0.25, 0.3) is 0 Å². The number of hydrogen-bond donors (Lipinski definition) is 0. The first-order valence-electron chi connectivity index (χ1n) is 4.60. The molecule has 0 aliphatic rings. The third-order valence-electron chi connectivity index (χ3n) is 1.85. The van der Waals surface area contributed by atoms with Crippen LogP contribution in [-0.2, 0) is 4.79 Å². The van der Waals surface area contributed by atoms with Crippen molar-refractivity contribution in [3.8, 4) is 11.5 Å². The van der Waals surface area contributed by atoms with Gasteiger partial charge < -0.3 is 9.47 Å². The lowest BCUT2D eigenvalue weighted by atomic mass is 10.3. The van der Waals surface area contributed by atoms with Crippen molar-refractivity contribution in [2.45, 2.75) is 13.3 Å². The summed E-state index contributed by atoms with van der Waals surface area (Å²) in [6.07, 6.45) is 0.407. The van der Waals surface area contributed by atoms with Gasteiger partial charge in [0, 0.05) is 6.42 Å². The Morgan fingerprint density at radius 2 is 2.20 bits per heavy atom. The van der Waals surface area contributed by atoms with E-state index in [1.165, 1.54) is 0 Å². The molecular weight excluding hydrogens is 260 g/mol. The minimum absolute atomic E-state index is 0.112. The van der Waals surface area contributed by atoms with Crippen LogP contribution in [0.5, 0.6) is 11.5 Å². The molecule has 1 rings (SSSR count). The topological polar surface area (TPSA) is 35.5 Å². The zero-order valence-electron chi connectivity index (χ0n) is 8.75. The molecule has 4 heteroatoms. The lowest BCUT2D eigenvalue weighted by molar-refractivity contribution is -0.117. The smallest absolute Gasteiger partial charge is 0.175 e. The van der Waals surface area contributed by atoms with Crippen molar-refractivity contribution in [1.82, 2.24) is 0 Å². The Labute approximate surface area is 97.5 Å². The van der Waals surface area contributed by atoms with E-state index < -0.39 is 0 Å². The SMILES string of the molecule is COc1cccc(Br)c1OCCC(C)=O. The zero-order chi connectivity index (χ0) is 11.3. The van der Waals surface area contributed by atoms with Crippen molar-refractivity contribution < 1.29 is 14.3 Å². The minimum Gasteiger partial charge on any atom is -0.493 e. The minimum atomic E-state index is 0.112. The van der Waals surface area contributed by atoms with E-state index in [9.17, 15) is 4.79 Å². The largest absolute Gasteiger partial charge is 0.493 e. The summed E-state index contributed by atoms with van der Waals surface area (Å²) in [6.45, 7) is 1.91. The number of hydrogen-bond acceptors (Lipinski definition) is 3. The van der Waals surface area contributed by atoms with Crippen molar-refractivity contribution in [2.24, 2.45) is 0 Å². The van der Waals surface area contributed by atoms with E-state index in [0.29, 0.717) is 24.5 Å². The molecule has 0 aliphatic heterocycles. The van der Waals surface area contributed by atoms with Gasteiger partial charge in [0.05, 0.1) is 18.2 Å². The van der Waals surface area contributed by atoms with Crippen molar-refractivity contribution in [3.63, 3.8) is 0 Å². The monoisotopic (exact) mass is 272 g/mol. The molecule has 0 unspecified atom stereocenters. The highest BCUT2D eigenvalue weighted by Crippen LogP contribution is 2.34. The van der Waals surface area contributed by atoms with Crippen LogP contribution in [0.15, 0.2) is 22.7 Å². The van der Waals surface area contributed by atoms with Crippen LogP contribution in [0.3, 0.4) is 0 Å². The van der Waals surface area contributed by atoms with Gasteiger partial charge in [-0.15, -0.1) is 0 Å². The Morgan fingerprint density at radius 1 is 1.47 bits per heavy atom. The second kappa shape index (κ2) is 5.75. The molecular formula is C11H13BrO3. The van der Waals surface area contributed by atoms with Crippen LogP contribution in [0.1, 0.15) is 13.3 Å². The summed E-state index contributed by atoms with van der Waals surface area (Å²) < 4.78 is 11.4. The number of methoxy groups -OCH3 is 1. The fourth-order valence-electron chi connectivity index (χ4n) is 1.09. The molecule has 82 valence electrons. The van der Waals surface area contributed by atoms with E-state index in [1.807, 2.05) is 18.2 Å². The number of carbonyl (C=O) groups excluding carboxylic acids is 1. The first-order valence-corrected chi connectivity index (χ1v) is 5.39. The Morgan fingerprint density at radius 3 is 2.80 bits per heavy atom. The van der Waals surface area contributed by atoms with Crippen molar-refractivity contribution in [3.05, 3.63) is 22.7 Å². The Bertz CT molecular complexity index is 350. The summed E-state index contributed by atoms with van der Waals surface area (Å²) >= 11 is 3.37. The summed E-state index contributed by atoms with van der Waals surface area (Å²) in [7, 11) is 1.58. The zero-order valence-corrected chi connectivity index (χ0v) is 10.3. The molecule has 0 aromatic heterocycles. The maximum Gasteiger partial charge on any atom is 0.175 e. The number of rotatable bonds is 5. The first-order chi connectivity index (χ1) is 7.15. The summed E-state index contributed by atoms with van der Waals surface area (Å²) in [5, 5.41) is 0. The molecule has 1 aromatic rings. The van der Waals surface area contributed by atoms with E-state index in [0.717, 1.165) is 4.47 Å². The summed E-state index contributed by atoms with van der Waals surface area (Å²) in [5.41, 5.74) is 0. The molecule has 0 saturated heterocycles. The highest BCUT2D eigenvalue weighted by Gasteiger charge is 2.08. The van der Waals surface area contributed by atoms with Crippen LogP contribution >= 0.6 is 15.9 Å². The van der Waals surface area contributed by atoms with E-state index in [-0.39, 0.29) is 5.78 Å². The summed E-state index contributed by atoms with van der Waals surface area (Å²) in [6, 6.07) is 5.54. The maximum absolute atomic E-state index is 10.8. The third kappa shape index (κ3) is 3.55. The lowest BCUT2D eigenvalue weighted by Gasteiger charge is -2.11. The van der Waals surface area contributed by atoms with Gasteiger partial charge in [-0.1, -0.05) is 6.07 Å². The highest BCUT2D eigenvalue weighted by molar-refractivity contribution is 9.10. The van der Waals surface area contributed by atoms with E-state index in [2.05, 4.69) is 15.9 Å². The predicted molar refractivity (Wildman–Crippen MR) is 61.5 cm³/mol. The highest BCUT2D eigenvalue weighted by atomic mass is 79.9. The molecule has 1 aromatic carbocycles. The van der Waals surface area contributed by atoms with Crippen LogP contribution in [0.2, 0.25) is 0 Å². The number of benzene rings is 1. The molecule has 0 heterocycles. The molecule has 0 saturated carbocycles. The quantitative estimate of drug-likeness (QED) is 0.827. The van der Waals surface area contributed by atoms with Crippen LogP contribution in [-0.4, -0.2) is 19.5 Å². The standard InChI is InChI=1S/C11H13BrO3/c1-8(13)6-7-15-11-9(12)4-3-5-10(11)14-2/h3-5H,6-7H2,1-2H3. The molecule has 0 radical (unpaired) electrons. The Balaban J connectivity index is 2.70. The van der Waals surface area contributed by atoms with Gasteiger partial charge in [0.2, 0.25) is 0 Å². The summed E-state index contributed by atoms with van der Waals surface area (Å²) in [4.78, 5) is 10.8. The van der Waals surface area contributed by atoms with Crippen LogP contribution < -0.4 is 9.47 Å². The second-order valence-electron chi connectivity index (χ2n) is 3.07. The van der Waals surface area contributed by atoms with Gasteiger partial charge in [-0.25, -0.2) is 0 Å². The van der Waals surface area contributed by atoms with Gasteiger partial charge in [0.1, 0.15) is 5.78 Å². The first kappa shape index (κ1) is 12.0. The van der Waals surface area contributed by atoms with Crippen molar-refractivity contribution in [1.29, 1.82) is 0 Å². The van der Waals surface area contributed by atoms with E-state index in [1.54, 1.807) is 14.0 Å². The maximum atomic E-state index is 10.8. The fourth-order valence-corrected chi connectivity index (χ4v) is 1.55. The van der Waals surface area contributed by atoms with E-state index in [4.69, 9.17) is 9.47 Å². The van der Waals surface area contributed by atoms with Gasteiger partial charge >= 0.3 is 0 Å².